The molecule has 1 fully saturated rings. The first-order valence-electron chi connectivity index (χ1n) is 6.47. The van der Waals surface area contributed by atoms with Gasteiger partial charge in [-0.1, -0.05) is 18.2 Å². The van der Waals surface area contributed by atoms with E-state index < -0.39 is 0 Å². The van der Waals surface area contributed by atoms with Gasteiger partial charge in [0.2, 0.25) is 11.8 Å². The van der Waals surface area contributed by atoms with Crippen molar-refractivity contribution >= 4 is 17.5 Å². The Kier molecular flexibility index (Phi) is 4.39. The van der Waals surface area contributed by atoms with Crippen LogP contribution in [0.2, 0.25) is 0 Å². The summed E-state index contributed by atoms with van der Waals surface area (Å²) in [7, 11) is 1.77. The number of nitrogens with zero attached hydrogens (tertiary/aromatic N) is 1. The van der Waals surface area contributed by atoms with Crippen molar-refractivity contribution in [3.8, 4) is 0 Å². The van der Waals surface area contributed by atoms with Gasteiger partial charge in [0.25, 0.3) is 0 Å². The lowest BCUT2D eigenvalue weighted by Crippen LogP contribution is -2.49. The lowest BCUT2D eigenvalue weighted by Gasteiger charge is -2.30. The standard InChI is InChI=1S/C14H19N3O2/c1-17-10-12(7-8-14(17)19)16-13(18)9-15-11-5-3-2-4-6-11/h2-6,12,15H,7-10H2,1H3,(H,16,18). The fraction of sp³-hybridized carbons (Fsp3) is 0.429. The molecule has 19 heavy (non-hydrogen) atoms. The maximum atomic E-state index is 11.8. The number of rotatable bonds is 4. The van der Waals surface area contributed by atoms with Crippen LogP contribution in [0.25, 0.3) is 0 Å². The van der Waals surface area contributed by atoms with Crippen molar-refractivity contribution < 1.29 is 9.59 Å². The molecule has 0 bridgehead atoms. The molecule has 2 amide bonds. The molecule has 0 aliphatic carbocycles. The molecule has 0 radical (unpaired) electrons. The van der Waals surface area contributed by atoms with E-state index in [1.165, 1.54) is 0 Å². The summed E-state index contributed by atoms with van der Waals surface area (Å²) < 4.78 is 0. The Morgan fingerprint density at radius 1 is 1.37 bits per heavy atom. The number of likely N-dealkylation sites (N-methyl/N-ethyl adjacent to an activating group) is 1. The minimum absolute atomic E-state index is 0.0448. The van der Waals surface area contributed by atoms with E-state index in [0.29, 0.717) is 13.0 Å². The average Bonchev–Trinajstić information content (AvgIpc) is 2.42. The number of likely N-dealkylation sites (tertiary alicyclic amines) is 1. The Hall–Kier alpha value is -2.04. The van der Waals surface area contributed by atoms with Crippen LogP contribution in [0, 0.1) is 0 Å². The summed E-state index contributed by atoms with van der Waals surface area (Å²) >= 11 is 0. The number of amides is 2. The summed E-state index contributed by atoms with van der Waals surface area (Å²) in [5, 5.41) is 6.01. The van der Waals surface area contributed by atoms with Gasteiger partial charge in [0.05, 0.1) is 6.54 Å². The highest BCUT2D eigenvalue weighted by Gasteiger charge is 2.23. The third-order valence-electron chi connectivity index (χ3n) is 3.22. The zero-order valence-electron chi connectivity index (χ0n) is 11.1. The van der Waals surface area contributed by atoms with Crippen molar-refractivity contribution in [1.82, 2.24) is 10.2 Å². The molecule has 0 saturated carbocycles. The van der Waals surface area contributed by atoms with E-state index in [0.717, 1.165) is 12.1 Å². The zero-order valence-corrected chi connectivity index (χ0v) is 11.1. The number of anilines is 1. The summed E-state index contributed by atoms with van der Waals surface area (Å²) in [5.41, 5.74) is 0.925. The second kappa shape index (κ2) is 6.22. The van der Waals surface area contributed by atoms with Crippen molar-refractivity contribution in [2.24, 2.45) is 0 Å². The molecule has 1 aliphatic rings. The molecule has 2 rings (SSSR count). The highest BCUT2D eigenvalue weighted by molar-refractivity contribution is 5.82. The molecule has 2 N–H and O–H groups in total. The van der Waals surface area contributed by atoms with Crippen LogP contribution in [-0.2, 0) is 9.59 Å². The van der Waals surface area contributed by atoms with Crippen molar-refractivity contribution in [1.29, 1.82) is 0 Å². The maximum Gasteiger partial charge on any atom is 0.239 e. The number of nitrogens with one attached hydrogen (secondary N) is 2. The summed E-state index contributed by atoms with van der Waals surface area (Å²) in [4.78, 5) is 24.8. The monoisotopic (exact) mass is 261 g/mol. The Labute approximate surface area is 113 Å². The Morgan fingerprint density at radius 3 is 2.79 bits per heavy atom. The van der Waals surface area contributed by atoms with E-state index in [-0.39, 0.29) is 24.4 Å². The maximum absolute atomic E-state index is 11.8. The smallest absolute Gasteiger partial charge is 0.239 e. The molecule has 1 aliphatic heterocycles. The van der Waals surface area contributed by atoms with Crippen LogP contribution in [0.15, 0.2) is 30.3 Å². The van der Waals surface area contributed by atoms with E-state index in [1.54, 1.807) is 11.9 Å². The first-order valence-corrected chi connectivity index (χ1v) is 6.47. The van der Waals surface area contributed by atoms with Gasteiger partial charge in [-0.3, -0.25) is 9.59 Å². The first-order chi connectivity index (χ1) is 9.15. The van der Waals surface area contributed by atoms with Crippen molar-refractivity contribution in [2.45, 2.75) is 18.9 Å². The van der Waals surface area contributed by atoms with Crippen LogP contribution >= 0.6 is 0 Å². The molecule has 5 heteroatoms. The van der Waals surface area contributed by atoms with Gasteiger partial charge < -0.3 is 15.5 Å². The largest absolute Gasteiger partial charge is 0.376 e. The lowest BCUT2D eigenvalue weighted by molar-refractivity contribution is -0.133. The fourth-order valence-electron chi connectivity index (χ4n) is 2.15. The van der Waals surface area contributed by atoms with E-state index in [1.807, 2.05) is 30.3 Å². The van der Waals surface area contributed by atoms with Gasteiger partial charge in [0, 0.05) is 31.7 Å². The molecule has 1 aromatic carbocycles. The Bertz CT molecular complexity index is 447. The molecule has 102 valence electrons. The Balaban J connectivity index is 1.74. The van der Waals surface area contributed by atoms with Crippen LogP contribution in [0.5, 0.6) is 0 Å². The molecule has 1 aromatic rings. The molecule has 1 saturated heterocycles. The number of piperidine rings is 1. The summed E-state index contributed by atoms with van der Waals surface area (Å²) in [6.45, 7) is 0.841. The minimum atomic E-state index is -0.0448. The second-order valence-corrected chi connectivity index (χ2v) is 4.80. The second-order valence-electron chi connectivity index (χ2n) is 4.80. The highest BCUT2D eigenvalue weighted by atomic mass is 16.2. The summed E-state index contributed by atoms with van der Waals surface area (Å²) in [6, 6.07) is 9.66. The first kappa shape index (κ1) is 13.4. The van der Waals surface area contributed by atoms with Gasteiger partial charge in [-0.2, -0.15) is 0 Å². The highest BCUT2D eigenvalue weighted by Crippen LogP contribution is 2.09. The van der Waals surface area contributed by atoms with Crippen molar-refractivity contribution in [2.75, 3.05) is 25.5 Å². The number of para-hydroxylation sites is 1. The van der Waals surface area contributed by atoms with E-state index in [2.05, 4.69) is 10.6 Å². The van der Waals surface area contributed by atoms with Crippen LogP contribution in [-0.4, -0.2) is 42.9 Å². The fourth-order valence-corrected chi connectivity index (χ4v) is 2.15. The number of hydrogen-bond donors (Lipinski definition) is 2. The van der Waals surface area contributed by atoms with Gasteiger partial charge in [-0.25, -0.2) is 0 Å². The molecule has 1 atom stereocenters. The molecule has 0 aromatic heterocycles. The molecular formula is C14H19N3O2. The van der Waals surface area contributed by atoms with Gasteiger partial charge in [0.1, 0.15) is 0 Å². The minimum Gasteiger partial charge on any atom is -0.376 e. The van der Waals surface area contributed by atoms with Gasteiger partial charge in [-0.15, -0.1) is 0 Å². The Morgan fingerprint density at radius 2 is 2.11 bits per heavy atom. The van der Waals surface area contributed by atoms with E-state index in [9.17, 15) is 9.59 Å². The number of carbonyl (C=O) groups is 2. The number of hydrogen-bond acceptors (Lipinski definition) is 3. The SMILES string of the molecule is CN1CC(NC(=O)CNc2ccccc2)CCC1=O. The van der Waals surface area contributed by atoms with E-state index >= 15 is 0 Å². The van der Waals surface area contributed by atoms with Crippen LogP contribution in [0.3, 0.4) is 0 Å². The zero-order chi connectivity index (χ0) is 13.7. The van der Waals surface area contributed by atoms with Crippen LogP contribution < -0.4 is 10.6 Å². The lowest BCUT2D eigenvalue weighted by atomic mass is 10.1. The van der Waals surface area contributed by atoms with E-state index in [4.69, 9.17) is 0 Å². The average molecular weight is 261 g/mol. The third-order valence-corrected chi connectivity index (χ3v) is 3.22. The van der Waals surface area contributed by atoms with Crippen LogP contribution in [0.4, 0.5) is 5.69 Å². The third kappa shape index (κ3) is 3.98. The normalized spacial score (nSPS) is 19.1. The summed E-state index contributed by atoms with van der Waals surface area (Å²) in [5.74, 6) is 0.101. The van der Waals surface area contributed by atoms with Gasteiger partial charge in [-0.05, 0) is 18.6 Å². The molecular weight excluding hydrogens is 242 g/mol. The topological polar surface area (TPSA) is 61.4 Å². The quantitative estimate of drug-likeness (QED) is 0.844. The number of benzene rings is 1. The molecule has 1 heterocycles. The van der Waals surface area contributed by atoms with Crippen molar-refractivity contribution in [3.05, 3.63) is 30.3 Å². The molecule has 5 nitrogen and oxygen atoms in total. The molecule has 0 spiro atoms. The van der Waals surface area contributed by atoms with Gasteiger partial charge >= 0.3 is 0 Å². The molecule has 1 unspecified atom stereocenters. The number of carbonyl (C=O) groups excluding carboxylic acids is 2. The van der Waals surface area contributed by atoms with Crippen LogP contribution in [0.1, 0.15) is 12.8 Å². The van der Waals surface area contributed by atoms with Gasteiger partial charge in [0.15, 0.2) is 0 Å². The predicted molar refractivity (Wildman–Crippen MR) is 73.7 cm³/mol. The van der Waals surface area contributed by atoms with Crippen molar-refractivity contribution in [3.63, 3.8) is 0 Å². The summed E-state index contributed by atoms with van der Waals surface area (Å²) in [6.07, 6.45) is 1.23. The predicted octanol–water partition coefficient (Wildman–Crippen LogP) is 0.835.